The number of nitrogens with two attached hydrogens (primary N) is 1. The third-order valence-corrected chi connectivity index (χ3v) is 3.47. The van der Waals surface area contributed by atoms with Gasteiger partial charge in [-0.15, -0.1) is 0 Å². The van der Waals surface area contributed by atoms with E-state index in [9.17, 15) is 8.78 Å². The van der Waals surface area contributed by atoms with Crippen molar-refractivity contribution in [2.45, 2.75) is 6.04 Å². The number of hydrogen-bond acceptors (Lipinski definition) is 2. The Labute approximate surface area is 119 Å². The topological polar surface area (TPSA) is 38.0 Å². The number of rotatable bonds is 3. The lowest BCUT2D eigenvalue weighted by molar-refractivity contribution is 0.595. The molecule has 1 unspecified atom stereocenters. The van der Waals surface area contributed by atoms with Gasteiger partial charge in [0.1, 0.15) is 11.6 Å². The normalized spacial score (nSPS) is 12.5. The number of benzene rings is 2. The quantitative estimate of drug-likeness (QED) is 0.668. The van der Waals surface area contributed by atoms with Gasteiger partial charge in [0, 0.05) is 5.02 Å². The van der Waals surface area contributed by atoms with E-state index < -0.39 is 17.7 Å². The van der Waals surface area contributed by atoms with Crippen LogP contribution in [0.3, 0.4) is 0 Å². The molecule has 0 saturated heterocycles. The molecule has 0 radical (unpaired) electrons. The van der Waals surface area contributed by atoms with Gasteiger partial charge in [-0.25, -0.2) is 14.2 Å². The summed E-state index contributed by atoms with van der Waals surface area (Å²) >= 11 is 11.9. The first-order valence-electron chi connectivity index (χ1n) is 5.39. The summed E-state index contributed by atoms with van der Waals surface area (Å²) in [5.41, 5.74) is 3.24. The number of halogens is 4. The highest BCUT2D eigenvalue weighted by molar-refractivity contribution is 6.32. The van der Waals surface area contributed by atoms with Crippen LogP contribution in [0.2, 0.25) is 10.0 Å². The largest absolute Gasteiger partial charge is 0.271 e. The van der Waals surface area contributed by atoms with Crippen LogP contribution in [0.1, 0.15) is 17.2 Å². The van der Waals surface area contributed by atoms with Crippen LogP contribution in [0.15, 0.2) is 36.4 Å². The van der Waals surface area contributed by atoms with Crippen LogP contribution < -0.4 is 11.3 Å². The molecule has 0 aromatic heterocycles. The lowest BCUT2D eigenvalue weighted by Crippen LogP contribution is -2.29. The molecule has 0 heterocycles. The van der Waals surface area contributed by atoms with Crippen LogP contribution >= 0.6 is 23.2 Å². The van der Waals surface area contributed by atoms with Crippen molar-refractivity contribution in [2.75, 3.05) is 0 Å². The highest BCUT2D eigenvalue weighted by Gasteiger charge is 2.20. The van der Waals surface area contributed by atoms with Crippen molar-refractivity contribution in [1.82, 2.24) is 5.43 Å². The minimum Gasteiger partial charge on any atom is -0.271 e. The van der Waals surface area contributed by atoms with E-state index in [1.165, 1.54) is 30.3 Å². The summed E-state index contributed by atoms with van der Waals surface area (Å²) in [5.74, 6) is 4.42. The van der Waals surface area contributed by atoms with Crippen molar-refractivity contribution in [1.29, 1.82) is 0 Å². The molecule has 1 atom stereocenters. The van der Waals surface area contributed by atoms with Gasteiger partial charge in [0.2, 0.25) is 0 Å². The minimum absolute atomic E-state index is 0.0780. The van der Waals surface area contributed by atoms with Crippen molar-refractivity contribution in [3.05, 3.63) is 69.2 Å². The van der Waals surface area contributed by atoms with E-state index in [2.05, 4.69) is 5.43 Å². The third-order valence-electron chi connectivity index (χ3n) is 2.73. The summed E-state index contributed by atoms with van der Waals surface area (Å²) in [6, 6.07) is 7.48. The molecule has 2 nitrogen and oxygen atoms in total. The number of hydrogen-bond donors (Lipinski definition) is 2. The van der Waals surface area contributed by atoms with E-state index >= 15 is 0 Å². The van der Waals surface area contributed by atoms with Crippen LogP contribution in [0.25, 0.3) is 0 Å². The number of hydrazine groups is 1. The molecule has 2 aromatic rings. The minimum atomic E-state index is -0.702. The van der Waals surface area contributed by atoms with Crippen LogP contribution in [0.4, 0.5) is 8.78 Å². The van der Waals surface area contributed by atoms with Gasteiger partial charge in [-0.2, -0.15) is 0 Å². The standard InChI is InChI=1S/C13H10Cl2F2N2/c14-10-5-4-7(16)6-9(10)13(19-18)8-2-1-3-11(17)12(8)15/h1-6,13,19H,18H2. The molecule has 0 fully saturated rings. The van der Waals surface area contributed by atoms with Gasteiger partial charge in [0.25, 0.3) is 0 Å². The van der Waals surface area contributed by atoms with E-state index in [-0.39, 0.29) is 5.02 Å². The van der Waals surface area contributed by atoms with E-state index in [0.717, 1.165) is 0 Å². The van der Waals surface area contributed by atoms with E-state index in [4.69, 9.17) is 29.0 Å². The molecular weight excluding hydrogens is 293 g/mol. The van der Waals surface area contributed by atoms with Gasteiger partial charge in [-0.1, -0.05) is 35.3 Å². The van der Waals surface area contributed by atoms with Gasteiger partial charge in [-0.3, -0.25) is 5.84 Å². The molecule has 0 spiro atoms. The van der Waals surface area contributed by atoms with Crippen LogP contribution in [-0.4, -0.2) is 0 Å². The van der Waals surface area contributed by atoms with Crippen molar-refractivity contribution in [2.24, 2.45) is 5.84 Å². The monoisotopic (exact) mass is 302 g/mol. The van der Waals surface area contributed by atoms with Crippen molar-refractivity contribution in [3.63, 3.8) is 0 Å². The molecule has 0 bridgehead atoms. The first kappa shape index (κ1) is 14.2. The van der Waals surface area contributed by atoms with Crippen molar-refractivity contribution in [3.8, 4) is 0 Å². The van der Waals surface area contributed by atoms with Gasteiger partial charge in [-0.05, 0) is 35.4 Å². The second-order valence-corrected chi connectivity index (χ2v) is 4.69. The molecule has 0 saturated carbocycles. The molecule has 0 amide bonds. The highest BCUT2D eigenvalue weighted by Crippen LogP contribution is 2.33. The molecule has 0 aliphatic rings. The van der Waals surface area contributed by atoms with Crippen molar-refractivity contribution >= 4 is 23.2 Å². The average Bonchev–Trinajstić information content (AvgIpc) is 2.39. The van der Waals surface area contributed by atoms with E-state index in [0.29, 0.717) is 16.1 Å². The second-order valence-electron chi connectivity index (χ2n) is 3.91. The van der Waals surface area contributed by atoms with Gasteiger partial charge < -0.3 is 0 Å². The lowest BCUT2D eigenvalue weighted by Gasteiger charge is -2.19. The van der Waals surface area contributed by atoms with Crippen LogP contribution in [0.5, 0.6) is 0 Å². The predicted molar refractivity (Wildman–Crippen MR) is 72.0 cm³/mol. The zero-order chi connectivity index (χ0) is 14.0. The predicted octanol–water partition coefficient (Wildman–Crippen LogP) is 3.82. The summed E-state index contributed by atoms with van der Waals surface area (Å²) in [5, 5.41) is 0.232. The van der Waals surface area contributed by atoms with Crippen molar-refractivity contribution < 1.29 is 8.78 Å². The Morgan fingerprint density at radius 1 is 1.05 bits per heavy atom. The molecule has 0 aliphatic heterocycles. The van der Waals surface area contributed by atoms with Gasteiger partial charge >= 0.3 is 0 Å². The fourth-order valence-corrected chi connectivity index (χ4v) is 2.29. The zero-order valence-corrected chi connectivity index (χ0v) is 11.1. The molecule has 0 aliphatic carbocycles. The van der Waals surface area contributed by atoms with Crippen LogP contribution in [-0.2, 0) is 0 Å². The maximum atomic E-state index is 13.5. The molecular formula is C13H10Cl2F2N2. The third kappa shape index (κ3) is 2.87. The molecule has 100 valence electrons. The Hall–Kier alpha value is -1.20. The molecule has 2 aromatic carbocycles. The van der Waals surface area contributed by atoms with Gasteiger partial charge in [0.05, 0.1) is 11.1 Å². The lowest BCUT2D eigenvalue weighted by atomic mass is 9.99. The Morgan fingerprint density at radius 3 is 2.47 bits per heavy atom. The van der Waals surface area contributed by atoms with Gasteiger partial charge in [0.15, 0.2) is 0 Å². The Bertz CT molecular complexity index is 603. The summed E-state index contributed by atoms with van der Waals surface area (Å²) in [4.78, 5) is 0. The molecule has 6 heteroatoms. The Morgan fingerprint density at radius 2 is 1.79 bits per heavy atom. The number of nitrogens with one attached hydrogen (secondary N) is 1. The first-order valence-corrected chi connectivity index (χ1v) is 6.15. The average molecular weight is 303 g/mol. The summed E-state index contributed by atoms with van der Waals surface area (Å²) in [7, 11) is 0. The summed E-state index contributed by atoms with van der Waals surface area (Å²) < 4.78 is 26.8. The van der Waals surface area contributed by atoms with E-state index in [1.54, 1.807) is 6.07 Å². The smallest absolute Gasteiger partial charge is 0.142 e. The SMILES string of the molecule is NNC(c1cc(F)ccc1Cl)c1cccc(F)c1Cl. The summed E-state index contributed by atoms with van der Waals surface area (Å²) in [6.07, 6.45) is 0. The maximum Gasteiger partial charge on any atom is 0.142 e. The Balaban J connectivity index is 2.56. The molecule has 2 rings (SSSR count). The highest BCUT2D eigenvalue weighted by atomic mass is 35.5. The maximum absolute atomic E-state index is 13.5. The first-order chi connectivity index (χ1) is 9.04. The Kier molecular flexibility index (Phi) is 4.37. The summed E-state index contributed by atoms with van der Waals surface area (Å²) in [6.45, 7) is 0. The molecule has 3 N–H and O–H groups in total. The van der Waals surface area contributed by atoms with E-state index in [1.807, 2.05) is 0 Å². The second kappa shape index (κ2) is 5.84. The van der Waals surface area contributed by atoms with Crippen LogP contribution in [0, 0.1) is 11.6 Å². The molecule has 19 heavy (non-hydrogen) atoms. The zero-order valence-electron chi connectivity index (χ0n) is 9.63. The fourth-order valence-electron chi connectivity index (χ4n) is 1.83. The fraction of sp³-hybridized carbons (Fsp3) is 0.0769.